The third kappa shape index (κ3) is 6.79. The molecule has 0 bridgehead atoms. The van der Waals surface area contributed by atoms with Crippen molar-refractivity contribution < 1.29 is 35.9 Å². The first-order chi connectivity index (χ1) is 14.4. The van der Waals surface area contributed by atoms with Gasteiger partial charge < -0.3 is 10.1 Å². The number of carbonyl (C=O) groups is 2. The van der Waals surface area contributed by atoms with Crippen LogP contribution in [0.4, 0.5) is 13.2 Å². The monoisotopic (exact) mass is 458 g/mol. The molecule has 0 aliphatic heterocycles. The number of benzene rings is 2. The predicted octanol–water partition coefficient (Wildman–Crippen LogP) is 2.36. The van der Waals surface area contributed by atoms with Gasteiger partial charge in [0.1, 0.15) is 0 Å². The van der Waals surface area contributed by atoms with Crippen LogP contribution in [0.3, 0.4) is 0 Å². The lowest BCUT2D eigenvalue weighted by atomic mass is 10.1. The summed E-state index contributed by atoms with van der Waals surface area (Å²) in [6.45, 7) is -0.708. The number of hydrogen-bond acceptors (Lipinski definition) is 5. The summed E-state index contributed by atoms with van der Waals surface area (Å²) in [6.07, 6.45) is -4.77. The molecule has 2 aromatic rings. The number of hydrogen-bond donors (Lipinski definition) is 1. The number of carbonyl (C=O) groups excluding carboxylic acids is 2. The maximum Gasteiger partial charge on any atom is 0.416 e. The van der Waals surface area contributed by atoms with Crippen LogP contribution in [0.1, 0.15) is 16.7 Å². The molecule has 0 aromatic heterocycles. The van der Waals surface area contributed by atoms with Crippen molar-refractivity contribution in [3.05, 3.63) is 65.2 Å². The zero-order chi connectivity index (χ0) is 23.2. The molecule has 168 valence electrons. The minimum absolute atomic E-state index is 0.0413. The average Bonchev–Trinajstić information content (AvgIpc) is 2.70. The molecule has 0 saturated heterocycles. The molecule has 2 aromatic carbocycles. The lowest BCUT2D eigenvalue weighted by Gasteiger charge is -2.15. The van der Waals surface area contributed by atoms with E-state index in [9.17, 15) is 31.2 Å². The third-order valence-electron chi connectivity index (χ3n) is 4.20. The van der Waals surface area contributed by atoms with E-state index < -0.39 is 40.2 Å². The van der Waals surface area contributed by atoms with Crippen molar-refractivity contribution in [2.45, 2.75) is 24.0 Å². The Morgan fingerprint density at radius 1 is 1.03 bits per heavy atom. The number of halogens is 3. The van der Waals surface area contributed by atoms with Crippen LogP contribution in [0, 0.1) is 0 Å². The second-order valence-electron chi connectivity index (χ2n) is 6.70. The number of nitrogens with zero attached hydrogens (tertiary/aromatic N) is 1. The van der Waals surface area contributed by atoms with Crippen LogP contribution < -0.4 is 5.32 Å². The second kappa shape index (κ2) is 9.92. The SMILES string of the molecule is CN(C)S(=O)(=O)c1ccccc1CNC(=O)COC(=O)Cc1ccc(C(F)(F)F)cc1. The van der Waals surface area contributed by atoms with E-state index in [0.717, 1.165) is 28.6 Å². The van der Waals surface area contributed by atoms with E-state index in [2.05, 4.69) is 5.32 Å². The molecular weight excluding hydrogens is 437 g/mol. The number of sulfonamides is 1. The Kier molecular flexibility index (Phi) is 7.80. The smallest absolute Gasteiger partial charge is 0.416 e. The standard InChI is InChI=1S/C20H21F3N2O5S/c1-25(2)31(28,29)17-6-4-3-5-15(17)12-24-18(26)13-30-19(27)11-14-7-9-16(10-8-14)20(21,22)23/h3-10H,11-13H2,1-2H3,(H,24,26). The maximum absolute atomic E-state index is 12.5. The van der Waals surface area contributed by atoms with Gasteiger partial charge in [0, 0.05) is 20.6 Å². The summed E-state index contributed by atoms with van der Waals surface area (Å²) >= 11 is 0. The molecular formula is C20H21F3N2O5S. The van der Waals surface area contributed by atoms with Crippen LogP contribution >= 0.6 is 0 Å². The zero-order valence-electron chi connectivity index (χ0n) is 16.8. The first-order valence-electron chi connectivity index (χ1n) is 9.00. The Labute approximate surface area is 177 Å². The fourth-order valence-corrected chi connectivity index (χ4v) is 3.63. The Morgan fingerprint density at radius 2 is 1.65 bits per heavy atom. The Balaban J connectivity index is 1.87. The molecule has 31 heavy (non-hydrogen) atoms. The summed E-state index contributed by atoms with van der Waals surface area (Å²) < 4.78 is 68.2. The van der Waals surface area contributed by atoms with Gasteiger partial charge in [-0.3, -0.25) is 9.59 Å². The van der Waals surface area contributed by atoms with Gasteiger partial charge in [-0.25, -0.2) is 12.7 Å². The summed E-state index contributed by atoms with van der Waals surface area (Å²) in [7, 11) is -0.922. The molecule has 2 rings (SSSR count). The van der Waals surface area contributed by atoms with Crippen LogP contribution in [-0.4, -0.2) is 45.3 Å². The molecule has 0 atom stereocenters. The van der Waals surface area contributed by atoms with Crippen LogP contribution in [0.15, 0.2) is 53.4 Å². The van der Waals surface area contributed by atoms with E-state index >= 15 is 0 Å². The van der Waals surface area contributed by atoms with Gasteiger partial charge in [-0.05, 0) is 29.3 Å². The van der Waals surface area contributed by atoms with Crippen molar-refractivity contribution in [1.29, 1.82) is 0 Å². The van der Waals surface area contributed by atoms with Crippen molar-refractivity contribution in [3.8, 4) is 0 Å². The fourth-order valence-electron chi connectivity index (χ4n) is 2.52. The summed E-state index contributed by atoms with van der Waals surface area (Å²) in [5, 5.41) is 2.47. The average molecular weight is 458 g/mol. The van der Waals surface area contributed by atoms with Crippen molar-refractivity contribution in [3.63, 3.8) is 0 Å². The van der Waals surface area contributed by atoms with Crippen LogP contribution in [-0.2, 0) is 43.5 Å². The van der Waals surface area contributed by atoms with Gasteiger partial charge in [-0.2, -0.15) is 13.2 Å². The van der Waals surface area contributed by atoms with E-state index in [1.165, 1.54) is 20.2 Å². The molecule has 0 saturated carbocycles. The molecule has 0 aliphatic carbocycles. The summed E-state index contributed by atoms with van der Waals surface area (Å²) in [5.41, 5.74) is -0.164. The highest BCUT2D eigenvalue weighted by molar-refractivity contribution is 7.89. The highest BCUT2D eigenvalue weighted by Gasteiger charge is 2.30. The van der Waals surface area contributed by atoms with E-state index in [1.54, 1.807) is 18.2 Å². The summed E-state index contributed by atoms with van der Waals surface area (Å²) in [4.78, 5) is 23.8. The van der Waals surface area contributed by atoms with Gasteiger partial charge in [-0.1, -0.05) is 30.3 Å². The molecule has 0 unspecified atom stereocenters. The van der Waals surface area contributed by atoms with Crippen molar-refractivity contribution in [2.24, 2.45) is 0 Å². The molecule has 0 radical (unpaired) electrons. The second-order valence-corrected chi connectivity index (χ2v) is 8.82. The van der Waals surface area contributed by atoms with Crippen molar-refractivity contribution >= 4 is 21.9 Å². The predicted molar refractivity (Wildman–Crippen MR) is 105 cm³/mol. The first kappa shape index (κ1) is 24.4. The van der Waals surface area contributed by atoms with Gasteiger partial charge in [-0.15, -0.1) is 0 Å². The Hall–Kier alpha value is -2.92. The Bertz CT molecular complexity index is 1040. The minimum atomic E-state index is -4.47. The lowest BCUT2D eigenvalue weighted by Crippen LogP contribution is -2.30. The highest BCUT2D eigenvalue weighted by atomic mass is 32.2. The molecule has 0 spiro atoms. The topological polar surface area (TPSA) is 92.8 Å². The largest absolute Gasteiger partial charge is 0.455 e. The molecule has 1 N–H and O–H groups in total. The summed E-state index contributed by atoms with van der Waals surface area (Å²) in [5.74, 6) is -1.44. The number of esters is 1. The first-order valence-corrected chi connectivity index (χ1v) is 10.4. The van der Waals surface area contributed by atoms with Crippen LogP contribution in [0.25, 0.3) is 0 Å². The number of ether oxygens (including phenoxy) is 1. The van der Waals surface area contributed by atoms with E-state index in [0.29, 0.717) is 11.1 Å². The van der Waals surface area contributed by atoms with Gasteiger partial charge in [0.15, 0.2) is 6.61 Å². The van der Waals surface area contributed by atoms with Gasteiger partial charge in [0.25, 0.3) is 5.91 Å². The summed E-state index contributed by atoms with van der Waals surface area (Å²) in [6, 6.07) is 10.2. The van der Waals surface area contributed by atoms with Crippen molar-refractivity contribution in [1.82, 2.24) is 9.62 Å². The number of rotatable bonds is 8. The molecule has 0 aliphatic rings. The zero-order valence-corrected chi connectivity index (χ0v) is 17.6. The van der Waals surface area contributed by atoms with Gasteiger partial charge in [0.05, 0.1) is 16.9 Å². The van der Waals surface area contributed by atoms with Gasteiger partial charge in [0.2, 0.25) is 10.0 Å². The highest BCUT2D eigenvalue weighted by Crippen LogP contribution is 2.29. The van der Waals surface area contributed by atoms with E-state index in [-0.39, 0.29) is 17.9 Å². The number of nitrogens with one attached hydrogen (secondary N) is 1. The van der Waals surface area contributed by atoms with Gasteiger partial charge >= 0.3 is 12.1 Å². The van der Waals surface area contributed by atoms with E-state index in [1.807, 2.05) is 0 Å². The Morgan fingerprint density at radius 3 is 2.23 bits per heavy atom. The lowest BCUT2D eigenvalue weighted by molar-refractivity contribution is -0.147. The molecule has 1 amide bonds. The van der Waals surface area contributed by atoms with Crippen molar-refractivity contribution in [2.75, 3.05) is 20.7 Å². The normalized spacial score (nSPS) is 11.9. The quantitative estimate of drug-likeness (QED) is 0.613. The van der Waals surface area contributed by atoms with E-state index in [4.69, 9.17) is 4.74 Å². The molecule has 7 nitrogen and oxygen atoms in total. The maximum atomic E-state index is 12.5. The number of amides is 1. The van der Waals surface area contributed by atoms with Crippen LogP contribution in [0.5, 0.6) is 0 Å². The molecule has 0 heterocycles. The van der Waals surface area contributed by atoms with Crippen LogP contribution in [0.2, 0.25) is 0 Å². The minimum Gasteiger partial charge on any atom is -0.455 e. The number of alkyl halides is 3. The third-order valence-corrected chi connectivity index (χ3v) is 6.12. The molecule has 11 heteroatoms. The fraction of sp³-hybridized carbons (Fsp3) is 0.300. The molecule has 0 fully saturated rings.